The van der Waals surface area contributed by atoms with Crippen LogP contribution in [0.2, 0.25) is 5.02 Å². The van der Waals surface area contributed by atoms with Gasteiger partial charge in [-0.3, -0.25) is 4.99 Å². The lowest BCUT2D eigenvalue weighted by Gasteiger charge is -2.28. The molecule has 0 radical (unpaired) electrons. The highest BCUT2D eigenvalue weighted by molar-refractivity contribution is 8.01. The van der Waals surface area contributed by atoms with Crippen LogP contribution in [-0.4, -0.2) is 16.8 Å². The molecule has 2 nitrogen and oxygen atoms in total. The summed E-state index contributed by atoms with van der Waals surface area (Å²) in [6, 6.07) is 17.1. The molecular weight excluding hydrogens is 432 g/mol. The monoisotopic (exact) mass is 456 g/mol. The van der Waals surface area contributed by atoms with Crippen LogP contribution in [0.4, 0.5) is 0 Å². The normalized spacial score (nSPS) is 26.5. The topological polar surface area (TPSA) is 24.7 Å². The van der Waals surface area contributed by atoms with Crippen LogP contribution in [0.1, 0.15) is 49.3 Å². The summed E-state index contributed by atoms with van der Waals surface area (Å²) >= 11 is 8.43. The van der Waals surface area contributed by atoms with Gasteiger partial charge in [-0.15, -0.1) is 11.8 Å². The van der Waals surface area contributed by atoms with Gasteiger partial charge < -0.3 is 0 Å². The molecule has 2 aliphatic heterocycles. The van der Waals surface area contributed by atoms with Gasteiger partial charge in [0.15, 0.2) is 0 Å². The molecule has 32 heavy (non-hydrogen) atoms. The van der Waals surface area contributed by atoms with Gasteiger partial charge in [-0.2, -0.15) is 0 Å². The maximum Gasteiger partial charge on any atom is 0.131 e. The molecule has 0 fully saturated rings. The molecule has 160 valence electrons. The van der Waals surface area contributed by atoms with Crippen molar-refractivity contribution in [2.75, 3.05) is 0 Å². The van der Waals surface area contributed by atoms with E-state index in [1.165, 1.54) is 32.9 Å². The highest BCUT2D eigenvalue weighted by Gasteiger charge is 2.35. The second-order valence-electron chi connectivity index (χ2n) is 8.86. The van der Waals surface area contributed by atoms with Crippen molar-refractivity contribution in [3.8, 4) is 0 Å². The summed E-state index contributed by atoms with van der Waals surface area (Å²) in [6.45, 7) is 0. The number of aliphatic imine (C=N–C) groups is 2. The van der Waals surface area contributed by atoms with Gasteiger partial charge in [0.05, 0.1) is 11.1 Å². The number of nitrogens with zero attached hydrogens (tertiary/aromatic N) is 2. The Balaban J connectivity index is 1.40. The maximum absolute atomic E-state index is 6.51. The van der Waals surface area contributed by atoms with Gasteiger partial charge in [0.1, 0.15) is 5.84 Å². The van der Waals surface area contributed by atoms with Crippen LogP contribution >= 0.6 is 23.4 Å². The third-order valence-electron chi connectivity index (χ3n) is 6.83. The SMILES string of the molecule is Clc1cccc2c1SC1CCC(C3=NC(c4ccccc4)CC(C4=CC=CCC4)=N3)C=C21. The fourth-order valence-corrected chi connectivity index (χ4v) is 6.85. The average Bonchev–Trinajstić information content (AvgIpc) is 3.24. The zero-order valence-electron chi connectivity index (χ0n) is 17.9. The van der Waals surface area contributed by atoms with Crippen LogP contribution < -0.4 is 0 Å². The van der Waals surface area contributed by atoms with Gasteiger partial charge in [-0.1, -0.05) is 78.4 Å². The molecule has 2 aromatic carbocycles. The molecule has 0 amide bonds. The molecule has 3 atom stereocenters. The Labute approximate surface area is 198 Å². The number of allylic oxidation sites excluding steroid dienone is 4. The lowest BCUT2D eigenvalue weighted by molar-refractivity contribution is 0.652. The molecule has 0 bridgehead atoms. The molecule has 3 unspecified atom stereocenters. The largest absolute Gasteiger partial charge is 0.261 e. The predicted octanol–water partition coefficient (Wildman–Crippen LogP) is 7.87. The van der Waals surface area contributed by atoms with Crippen molar-refractivity contribution < 1.29 is 0 Å². The first-order valence-electron chi connectivity index (χ1n) is 11.5. The molecule has 0 saturated heterocycles. The van der Waals surface area contributed by atoms with E-state index < -0.39 is 0 Å². The first-order valence-corrected chi connectivity index (χ1v) is 12.8. The highest BCUT2D eigenvalue weighted by Crippen LogP contribution is 2.52. The van der Waals surface area contributed by atoms with Crippen molar-refractivity contribution >= 4 is 40.5 Å². The minimum atomic E-state index is 0.140. The molecular formula is C28H25ClN2S. The van der Waals surface area contributed by atoms with Crippen molar-refractivity contribution in [3.63, 3.8) is 0 Å². The Morgan fingerprint density at radius 1 is 1.00 bits per heavy atom. The van der Waals surface area contributed by atoms with E-state index in [1.807, 2.05) is 17.8 Å². The summed E-state index contributed by atoms with van der Waals surface area (Å²) in [5.74, 6) is 1.26. The first-order chi connectivity index (χ1) is 15.8. The van der Waals surface area contributed by atoms with Gasteiger partial charge >= 0.3 is 0 Å². The minimum Gasteiger partial charge on any atom is -0.261 e. The van der Waals surface area contributed by atoms with Crippen LogP contribution in [0.15, 0.2) is 93.3 Å². The predicted molar refractivity (Wildman–Crippen MR) is 137 cm³/mol. The number of amidine groups is 1. The van der Waals surface area contributed by atoms with Gasteiger partial charge in [-0.05, 0) is 54.0 Å². The number of hydrogen-bond acceptors (Lipinski definition) is 3. The lowest BCUT2D eigenvalue weighted by Crippen LogP contribution is -2.25. The number of thioether (sulfide) groups is 1. The molecule has 4 aliphatic rings. The third-order valence-corrected chi connectivity index (χ3v) is 8.71. The summed E-state index contributed by atoms with van der Waals surface area (Å²) in [6.07, 6.45) is 14.4. The average molecular weight is 457 g/mol. The summed E-state index contributed by atoms with van der Waals surface area (Å²) in [7, 11) is 0. The quantitative estimate of drug-likeness (QED) is 0.461. The smallest absolute Gasteiger partial charge is 0.131 e. The van der Waals surface area contributed by atoms with Gasteiger partial charge in [0.2, 0.25) is 0 Å². The van der Waals surface area contributed by atoms with Crippen LogP contribution in [-0.2, 0) is 0 Å². The Hall–Kier alpha value is -2.36. The molecule has 2 aliphatic carbocycles. The third kappa shape index (κ3) is 3.72. The van der Waals surface area contributed by atoms with E-state index in [2.05, 4.69) is 66.8 Å². The molecule has 0 saturated carbocycles. The van der Waals surface area contributed by atoms with E-state index in [4.69, 9.17) is 21.6 Å². The van der Waals surface area contributed by atoms with E-state index in [9.17, 15) is 0 Å². The Morgan fingerprint density at radius 2 is 1.91 bits per heavy atom. The number of hydrogen-bond donors (Lipinski definition) is 0. The van der Waals surface area contributed by atoms with Crippen molar-refractivity contribution in [2.24, 2.45) is 15.9 Å². The zero-order chi connectivity index (χ0) is 21.5. The van der Waals surface area contributed by atoms with Gasteiger partial charge in [0, 0.05) is 28.2 Å². The molecule has 2 aromatic rings. The molecule has 0 spiro atoms. The fourth-order valence-electron chi connectivity index (χ4n) is 5.17. The molecule has 4 heteroatoms. The number of rotatable bonds is 3. The maximum atomic E-state index is 6.51. The number of benzene rings is 2. The summed E-state index contributed by atoms with van der Waals surface area (Å²) < 4.78 is 0. The van der Waals surface area contributed by atoms with Crippen LogP contribution in [0.25, 0.3) is 5.57 Å². The van der Waals surface area contributed by atoms with E-state index in [1.54, 1.807) is 0 Å². The summed E-state index contributed by atoms with van der Waals surface area (Å²) in [5, 5.41) is 1.38. The molecule has 2 heterocycles. The Bertz CT molecular complexity index is 1210. The van der Waals surface area contributed by atoms with Crippen molar-refractivity contribution in [1.29, 1.82) is 0 Å². The van der Waals surface area contributed by atoms with Crippen molar-refractivity contribution in [3.05, 3.63) is 94.6 Å². The second kappa shape index (κ2) is 8.53. The van der Waals surface area contributed by atoms with Gasteiger partial charge in [0.25, 0.3) is 0 Å². The lowest BCUT2D eigenvalue weighted by atomic mass is 9.85. The van der Waals surface area contributed by atoms with Crippen LogP contribution in [0.3, 0.4) is 0 Å². The summed E-state index contributed by atoms with van der Waals surface area (Å²) in [4.78, 5) is 11.6. The Kier molecular flexibility index (Phi) is 5.40. The van der Waals surface area contributed by atoms with Crippen LogP contribution in [0, 0.1) is 5.92 Å². The minimum absolute atomic E-state index is 0.140. The van der Waals surface area contributed by atoms with Crippen molar-refractivity contribution in [2.45, 2.75) is 48.3 Å². The highest BCUT2D eigenvalue weighted by atomic mass is 35.5. The molecule has 0 N–H and O–H groups in total. The fraction of sp³-hybridized carbons (Fsp3) is 0.286. The second-order valence-corrected chi connectivity index (χ2v) is 10.5. The van der Waals surface area contributed by atoms with Crippen molar-refractivity contribution in [1.82, 2.24) is 0 Å². The number of fused-ring (bicyclic) bond motifs is 3. The van der Waals surface area contributed by atoms with E-state index in [-0.39, 0.29) is 12.0 Å². The molecule has 0 aromatic heterocycles. The number of halogens is 1. The van der Waals surface area contributed by atoms with E-state index in [0.29, 0.717) is 5.25 Å². The standard InChI is InChI=1S/C28H25ClN2S/c29-23-13-7-12-21-22-16-20(14-15-26(22)32-27(21)23)28-30-24(18-8-3-1-4-9-18)17-25(31-28)19-10-5-2-6-11-19/h1-5,7-10,12-13,16,20,24,26H,6,11,14-15,17H2. The molecule has 6 rings (SSSR count). The first kappa shape index (κ1) is 20.3. The van der Waals surface area contributed by atoms with Gasteiger partial charge in [-0.25, -0.2) is 4.99 Å². The van der Waals surface area contributed by atoms with E-state index >= 15 is 0 Å². The van der Waals surface area contributed by atoms with E-state index in [0.717, 1.165) is 43.0 Å². The Morgan fingerprint density at radius 3 is 2.75 bits per heavy atom. The zero-order valence-corrected chi connectivity index (χ0v) is 19.4. The van der Waals surface area contributed by atoms with Crippen LogP contribution in [0.5, 0.6) is 0 Å². The summed E-state index contributed by atoms with van der Waals surface area (Å²) in [5.41, 5.74) is 6.59.